The summed E-state index contributed by atoms with van der Waals surface area (Å²) in [7, 11) is 0. The van der Waals surface area contributed by atoms with Gasteiger partial charge in [0.15, 0.2) is 0 Å². The lowest BCUT2D eigenvalue weighted by atomic mass is 9.96. The van der Waals surface area contributed by atoms with Gasteiger partial charge < -0.3 is 25.4 Å². The Morgan fingerprint density at radius 2 is 1.88 bits per heavy atom. The van der Waals surface area contributed by atoms with Gasteiger partial charge in [0.1, 0.15) is 23.1 Å². The number of halogens is 2. The molecule has 170 valence electrons. The van der Waals surface area contributed by atoms with Crippen LogP contribution in [0.4, 0.5) is 30.8 Å². The second-order valence-electron chi connectivity index (χ2n) is 7.30. The second kappa shape index (κ2) is 9.61. The van der Waals surface area contributed by atoms with E-state index in [0.717, 1.165) is 6.07 Å². The van der Waals surface area contributed by atoms with Crippen molar-refractivity contribution in [3.8, 4) is 11.5 Å². The standard InChI is InChI=1S/C23H20F2N4O4/c1-13(30)27-21-11-17(7-8-26-21)33-16-5-6-20(19(24)10-16)29-23(31)28-15-4-2-3-14(9-15)18-12-32-22(18)25/h2-11,18,22H,12H2,1H3,(H,26,27,30)(H2,28,29,31). The lowest BCUT2D eigenvalue weighted by Gasteiger charge is -2.31. The van der Waals surface area contributed by atoms with E-state index in [1.54, 1.807) is 30.3 Å². The minimum absolute atomic E-state index is 0.0547. The molecule has 3 amide bonds. The molecule has 1 aliphatic rings. The minimum atomic E-state index is -1.35. The zero-order valence-electron chi connectivity index (χ0n) is 17.5. The van der Waals surface area contributed by atoms with Gasteiger partial charge >= 0.3 is 6.03 Å². The quantitative estimate of drug-likeness (QED) is 0.485. The maximum absolute atomic E-state index is 14.5. The van der Waals surface area contributed by atoms with Gasteiger partial charge in [-0.05, 0) is 35.9 Å². The van der Waals surface area contributed by atoms with Crippen molar-refractivity contribution in [1.82, 2.24) is 4.98 Å². The molecule has 2 atom stereocenters. The molecule has 2 unspecified atom stereocenters. The highest BCUT2D eigenvalue weighted by molar-refractivity contribution is 5.99. The Bertz CT molecular complexity index is 1190. The van der Waals surface area contributed by atoms with Crippen molar-refractivity contribution in [2.45, 2.75) is 19.2 Å². The molecule has 3 aromatic rings. The number of nitrogens with zero attached hydrogens (tertiary/aromatic N) is 1. The molecule has 10 heteroatoms. The van der Waals surface area contributed by atoms with E-state index in [0.29, 0.717) is 22.8 Å². The summed E-state index contributed by atoms with van der Waals surface area (Å²) < 4.78 is 38.3. The van der Waals surface area contributed by atoms with Crippen molar-refractivity contribution < 1.29 is 27.8 Å². The third-order valence-corrected chi connectivity index (χ3v) is 4.78. The number of alkyl halides is 1. The van der Waals surface area contributed by atoms with E-state index >= 15 is 0 Å². The molecule has 0 radical (unpaired) electrons. The van der Waals surface area contributed by atoms with Gasteiger partial charge in [0.2, 0.25) is 12.3 Å². The van der Waals surface area contributed by atoms with Crippen LogP contribution in [0.5, 0.6) is 11.5 Å². The van der Waals surface area contributed by atoms with Crippen molar-refractivity contribution in [2.24, 2.45) is 0 Å². The highest BCUT2D eigenvalue weighted by atomic mass is 19.1. The van der Waals surface area contributed by atoms with Crippen molar-refractivity contribution in [2.75, 3.05) is 22.6 Å². The molecular weight excluding hydrogens is 434 g/mol. The molecule has 0 aliphatic carbocycles. The van der Waals surface area contributed by atoms with Crippen LogP contribution in [0.1, 0.15) is 18.4 Å². The third kappa shape index (κ3) is 5.60. The first-order valence-corrected chi connectivity index (χ1v) is 10.0. The van der Waals surface area contributed by atoms with E-state index in [1.165, 1.54) is 31.3 Å². The summed E-state index contributed by atoms with van der Waals surface area (Å²) in [6.07, 6.45) is 0.0887. The minimum Gasteiger partial charge on any atom is -0.457 e. The van der Waals surface area contributed by atoms with Gasteiger partial charge in [0.05, 0.1) is 18.2 Å². The topological polar surface area (TPSA) is 102 Å². The number of hydrogen-bond acceptors (Lipinski definition) is 5. The van der Waals surface area contributed by atoms with E-state index in [2.05, 4.69) is 20.9 Å². The Balaban J connectivity index is 1.38. The van der Waals surface area contributed by atoms with Crippen LogP contribution >= 0.6 is 0 Å². The van der Waals surface area contributed by atoms with Crippen molar-refractivity contribution in [3.63, 3.8) is 0 Å². The van der Waals surface area contributed by atoms with Crippen LogP contribution < -0.4 is 20.7 Å². The Hall–Kier alpha value is -4.05. The number of hydrogen-bond donors (Lipinski definition) is 3. The number of benzene rings is 2. The van der Waals surface area contributed by atoms with Crippen LogP contribution in [0.15, 0.2) is 60.8 Å². The maximum atomic E-state index is 14.5. The van der Waals surface area contributed by atoms with Crippen molar-refractivity contribution in [3.05, 3.63) is 72.2 Å². The summed E-state index contributed by atoms with van der Waals surface area (Å²) in [5.74, 6) is -0.524. The highest BCUT2D eigenvalue weighted by Crippen LogP contribution is 2.33. The Morgan fingerprint density at radius 1 is 1.06 bits per heavy atom. The molecule has 2 heterocycles. The molecule has 1 aliphatic heterocycles. The number of aromatic nitrogens is 1. The highest BCUT2D eigenvalue weighted by Gasteiger charge is 2.33. The fraction of sp³-hybridized carbons (Fsp3) is 0.174. The normalized spacial score (nSPS) is 16.9. The number of amides is 3. The summed E-state index contributed by atoms with van der Waals surface area (Å²) in [6, 6.07) is 13.1. The molecule has 0 spiro atoms. The van der Waals surface area contributed by atoms with Gasteiger partial charge in [-0.1, -0.05) is 12.1 Å². The summed E-state index contributed by atoms with van der Waals surface area (Å²) in [5.41, 5.74) is 1.09. The average molecular weight is 454 g/mol. The van der Waals surface area contributed by atoms with E-state index in [4.69, 9.17) is 9.47 Å². The summed E-state index contributed by atoms with van der Waals surface area (Å²) in [5, 5.41) is 7.56. The lowest BCUT2D eigenvalue weighted by Crippen LogP contribution is -2.33. The fourth-order valence-corrected chi connectivity index (χ4v) is 3.16. The van der Waals surface area contributed by atoms with Gasteiger partial charge in [0, 0.05) is 30.9 Å². The van der Waals surface area contributed by atoms with Gasteiger partial charge in [-0.25, -0.2) is 18.6 Å². The van der Waals surface area contributed by atoms with Crippen LogP contribution in [0, 0.1) is 5.82 Å². The predicted molar refractivity (Wildman–Crippen MR) is 118 cm³/mol. The zero-order chi connectivity index (χ0) is 23.4. The molecule has 0 bridgehead atoms. The second-order valence-corrected chi connectivity index (χ2v) is 7.30. The van der Waals surface area contributed by atoms with E-state index < -0.39 is 18.2 Å². The zero-order valence-corrected chi connectivity index (χ0v) is 17.5. The molecular formula is C23H20F2N4O4. The molecule has 3 N–H and O–H groups in total. The smallest absolute Gasteiger partial charge is 0.323 e. The molecule has 0 saturated carbocycles. The molecule has 1 aromatic heterocycles. The largest absolute Gasteiger partial charge is 0.457 e. The molecule has 1 saturated heterocycles. The number of nitrogens with one attached hydrogen (secondary N) is 3. The number of rotatable bonds is 6. The van der Waals surface area contributed by atoms with Crippen molar-refractivity contribution >= 4 is 29.1 Å². The first kappa shape index (κ1) is 22.2. The number of ether oxygens (including phenoxy) is 2. The van der Waals surface area contributed by atoms with Crippen molar-refractivity contribution in [1.29, 1.82) is 0 Å². The van der Waals surface area contributed by atoms with Crippen LogP contribution in [-0.4, -0.2) is 29.9 Å². The van der Waals surface area contributed by atoms with Crippen LogP contribution in [0.25, 0.3) is 0 Å². The van der Waals surface area contributed by atoms with E-state index in [9.17, 15) is 18.4 Å². The predicted octanol–water partition coefficient (Wildman–Crippen LogP) is 5.02. The first-order chi connectivity index (χ1) is 15.9. The summed E-state index contributed by atoms with van der Waals surface area (Å²) in [6.45, 7) is 1.64. The van der Waals surface area contributed by atoms with Crippen LogP contribution in [0.2, 0.25) is 0 Å². The molecule has 33 heavy (non-hydrogen) atoms. The number of pyridine rings is 1. The monoisotopic (exact) mass is 454 g/mol. The lowest BCUT2D eigenvalue weighted by molar-refractivity contribution is -0.154. The van der Waals surface area contributed by atoms with Gasteiger partial charge in [-0.3, -0.25) is 4.79 Å². The van der Waals surface area contributed by atoms with Crippen LogP contribution in [0.3, 0.4) is 0 Å². The first-order valence-electron chi connectivity index (χ1n) is 10.0. The van der Waals surface area contributed by atoms with Crippen LogP contribution in [-0.2, 0) is 9.53 Å². The molecule has 2 aromatic carbocycles. The number of carbonyl (C=O) groups excluding carboxylic acids is 2. The van der Waals surface area contributed by atoms with Gasteiger partial charge in [0.25, 0.3) is 0 Å². The average Bonchev–Trinajstić information content (AvgIpc) is 2.74. The number of urea groups is 1. The molecule has 8 nitrogen and oxygen atoms in total. The third-order valence-electron chi connectivity index (χ3n) is 4.78. The summed E-state index contributed by atoms with van der Waals surface area (Å²) >= 11 is 0. The maximum Gasteiger partial charge on any atom is 0.323 e. The Morgan fingerprint density at radius 3 is 2.58 bits per heavy atom. The van der Waals surface area contributed by atoms with E-state index in [1.807, 2.05) is 0 Å². The van der Waals surface area contributed by atoms with Gasteiger partial charge in [-0.2, -0.15) is 0 Å². The Labute approximate surface area is 187 Å². The summed E-state index contributed by atoms with van der Waals surface area (Å²) in [4.78, 5) is 27.4. The fourth-order valence-electron chi connectivity index (χ4n) is 3.16. The number of anilines is 3. The molecule has 1 fully saturated rings. The number of carbonyl (C=O) groups is 2. The van der Waals surface area contributed by atoms with Gasteiger partial charge in [-0.15, -0.1) is 0 Å². The SMILES string of the molecule is CC(=O)Nc1cc(Oc2ccc(NC(=O)Nc3cccc(C4COC4F)c3)c(F)c2)ccn1. The Kier molecular flexibility index (Phi) is 6.45. The van der Waals surface area contributed by atoms with E-state index in [-0.39, 0.29) is 29.9 Å². The molecule has 4 rings (SSSR count).